The molecule has 0 unspecified atom stereocenters. The predicted molar refractivity (Wildman–Crippen MR) is 59.2 cm³/mol. The lowest BCUT2D eigenvalue weighted by atomic mass is 9.94. The minimum atomic E-state index is -0.934. The van der Waals surface area contributed by atoms with Gasteiger partial charge in [0.25, 0.3) is 0 Å². The summed E-state index contributed by atoms with van der Waals surface area (Å²) in [5.74, 6) is -1.75. The molecular formula is C11H15N3O3. The van der Waals surface area contributed by atoms with Gasteiger partial charge in [0.1, 0.15) is 0 Å². The smallest absolute Gasteiger partial charge is 0.309 e. The zero-order valence-electron chi connectivity index (χ0n) is 10.0. The Morgan fingerprint density at radius 1 is 1.53 bits per heavy atom. The standard InChI is InChI=1S/C11H15N3O3/c1-6-8(5-12-14(6)3)10-7(11(16)17)4-9(15)13(10)2/h5,7,10H,4H2,1-3H3,(H,16,17)/t7-,10+/m0/s1. The van der Waals surface area contributed by atoms with Crippen LogP contribution in [0.2, 0.25) is 0 Å². The van der Waals surface area contributed by atoms with Crippen LogP contribution in [0.1, 0.15) is 23.7 Å². The van der Waals surface area contributed by atoms with Crippen LogP contribution in [0.15, 0.2) is 6.20 Å². The number of nitrogens with zero attached hydrogens (tertiary/aromatic N) is 3. The molecule has 1 aromatic rings. The van der Waals surface area contributed by atoms with Gasteiger partial charge in [0.2, 0.25) is 5.91 Å². The molecular weight excluding hydrogens is 222 g/mol. The Morgan fingerprint density at radius 3 is 2.65 bits per heavy atom. The van der Waals surface area contributed by atoms with Crippen molar-refractivity contribution in [3.8, 4) is 0 Å². The summed E-state index contributed by atoms with van der Waals surface area (Å²) in [5.41, 5.74) is 1.70. The first kappa shape index (κ1) is 11.6. The third kappa shape index (κ3) is 1.69. The van der Waals surface area contributed by atoms with Crippen LogP contribution in [0.25, 0.3) is 0 Å². The van der Waals surface area contributed by atoms with E-state index in [1.807, 2.05) is 6.92 Å². The highest BCUT2D eigenvalue weighted by atomic mass is 16.4. The number of rotatable bonds is 2. The molecule has 17 heavy (non-hydrogen) atoms. The van der Waals surface area contributed by atoms with Crippen molar-refractivity contribution in [3.05, 3.63) is 17.5 Å². The minimum Gasteiger partial charge on any atom is -0.481 e. The fraction of sp³-hybridized carbons (Fsp3) is 0.545. The molecule has 1 aliphatic heterocycles. The normalized spacial score (nSPS) is 24.4. The summed E-state index contributed by atoms with van der Waals surface area (Å²) in [6, 6.07) is -0.409. The van der Waals surface area contributed by atoms with Crippen LogP contribution in [0.3, 0.4) is 0 Å². The summed E-state index contributed by atoms with van der Waals surface area (Å²) in [6.07, 6.45) is 1.70. The molecule has 0 radical (unpaired) electrons. The number of amides is 1. The van der Waals surface area contributed by atoms with E-state index >= 15 is 0 Å². The van der Waals surface area contributed by atoms with Gasteiger partial charge < -0.3 is 10.0 Å². The highest BCUT2D eigenvalue weighted by molar-refractivity contribution is 5.87. The van der Waals surface area contributed by atoms with Crippen LogP contribution in [0, 0.1) is 12.8 Å². The van der Waals surface area contributed by atoms with Gasteiger partial charge in [-0.3, -0.25) is 14.3 Å². The SMILES string of the molecule is Cc1c([C@H]2[C@@H](C(=O)O)CC(=O)N2C)cnn1C. The molecule has 2 rings (SSSR count). The van der Waals surface area contributed by atoms with Crippen LogP contribution < -0.4 is 0 Å². The predicted octanol–water partition coefficient (Wildman–Crippen LogP) is 0.333. The van der Waals surface area contributed by atoms with E-state index in [1.54, 1.807) is 25.0 Å². The van der Waals surface area contributed by atoms with Crippen molar-refractivity contribution in [2.45, 2.75) is 19.4 Å². The molecule has 2 heterocycles. The Kier molecular flexibility index (Phi) is 2.65. The average Bonchev–Trinajstić information content (AvgIpc) is 2.73. The van der Waals surface area contributed by atoms with E-state index in [1.165, 1.54) is 4.90 Å². The number of aromatic nitrogens is 2. The van der Waals surface area contributed by atoms with Gasteiger partial charge in [0, 0.05) is 31.8 Å². The number of carboxylic acid groups (broad SMARTS) is 1. The number of aliphatic carboxylic acids is 1. The van der Waals surface area contributed by atoms with Crippen molar-refractivity contribution in [3.63, 3.8) is 0 Å². The van der Waals surface area contributed by atoms with Gasteiger partial charge in [0.15, 0.2) is 0 Å². The van der Waals surface area contributed by atoms with Gasteiger partial charge in [-0.15, -0.1) is 0 Å². The maximum Gasteiger partial charge on any atom is 0.309 e. The highest BCUT2D eigenvalue weighted by Gasteiger charge is 2.44. The monoisotopic (exact) mass is 237 g/mol. The van der Waals surface area contributed by atoms with Crippen LogP contribution in [0.4, 0.5) is 0 Å². The largest absolute Gasteiger partial charge is 0.481 e. The molecule has 92 valence electrons. The number of aryl methyl sites for hydroxylation is 1. The maximum atomic E-state index is 11.6. The number of carbonyl (C=O) groups is 2. The molecule has 1 saturated heterocycles. The van der Waals surface area contributed by atoms with E-state index < -0.39 is 17.9 Å². The first-order valence-electron chi connectivity index (χ1n) is 5.40. The van der Waals surface area contributed by atoms with Crippen molar-refractivity contribution in [1.82, 2.24) is 14.7 Å². The summed E-state index contributed by atoms with van der Waals surface area (Å²) in [6.45, 7) is 1.87. The first-order valence-corrected chi connectivity index (χ1v) is 5.40. The van der Waals surface area contributed by atoms with Crippen molar-refractivity contribution in [2.75, 3.05) is 7.05 Å². The Hall–Kier alpha value is -1.85. The number of hydrogen-bond donors (Lipinski definition) is 1. The summed E-state index contributed by atoms with van der Waals surface area (Å²) < 4.78 is 1.69. The lowest BCUT2D eigenvalue weighted by Gasteiger charge is -2.22. The number of carbonyl (C=O) groups excluding carboxylic acids is 1. The van der Waals surface area contributed by atoms with E-state index in [4.69, 9.17) is 0 Å². The van der Waals surface area contributed by atoms with Crippen LogP contribution in [-0.2, 0) is 16.6 Å². The second-order valence-corrected chi connectivity index (χ2v) is 4.41. The molecule has 1 N–H and O–H groups in total. The van der Waals surface area contributed by atoms with Crippen molar-refractivity contribution in [1.29, 1.82) is 0 Å². The molecule has 1 amide bonds. The van der Waals surface area contributed by atoms with Crippen molar-refractivity contribution in [2.24, 2.45) is 13.0 Å². The number of carboxylic acids is 1. The second kappa shape index (κ2) is 3.87. The van der Waals surface area contributed by atoms with Gasteiger partial charge in [-0.2, -0.15) is 5.10 Å². The topological polar surface area (TPSA) is 75.4 Å². The van der Waals surface area contributed by atoms with E-state index in [-0.39, 0.29) is 12.3 Å². The van der Waals surface area contributed by atoms with E-state index in [9.17, 15) is 14.7 Å². The number of hydrogen-bond acceptors (Lipinski definition) is 3. The quantitative estimate of drug-likeness (QED) is 0.804. The van der Waals surface area contributed by atoms with Gasteiger partial charge in [-0.1, -0.05) is 0 Å². The lowest BCUT2D eigenvalue weighted by molar-refractivity contribution is -0.142. The molecule has 0 spiro atoms. The molecule has 0 saturated carbocycles. The molecule has 0 bridgehead atoms. The van der Waals surface area contributed by atoms with Crippen molar-refractivity contribution >= 4 is 11.9 Å². The van der Waals surface area contributed by atoms with Crippen LogP contribution in [0.5, 0.6) is 0 Å². The first-order chi connectivity index (χ1) is 7.93. The lowest BCUT2D eigenvalue weighted by Crippen LogP contribution is -2.27. The molecule has 1 aromatic heterocycles. The van der Waals surface area contributed by atoms with E-state index in [0.717, 1.165) is 11.3 Å². The van der Waals surface area contributed by atoms with E-state index in [2.05, 4.69) is 5.10 Å². The van der Waals surface area contributed by atoms with Crippen molar-refractivity contribution < 1.29 is 14.7 Å². The zero-order chi connectivity index (χ0) is 12.7. The third-order valence-electron chi connectivity index (χ3n) is 3.50. The van der Waals surface area contributed by atoms with Gasteiger partial charge in [0.05, 0.1) is 18.2 Å². The molecule has 1 fully saturated rings. The molecule has 6 nitrogen and oxygen atoms in total. The Labute approximate surface area is 98.8 Å². The Balaban J connectivity index is 2.44. The zero-order valence-corrected chi connectivity index (χ0v) is 10.0. The van der Waals surface area contributed by atoms with Gasteiger partial charge in [-0.05, 0) is 6.92 Å². The fourth-order valence-electron chi connectivity index (χ4n) is 2.32. The second-order valence-electron chi connectivity index (χ2n) is 4.41. The van der Waals surface area contributed by atoms with Crippen LogP contribution >= 0.6 is 0 Å². The summed E-state index contributed by atoms with van der Waals surface area (Å²) in [5, 5.41) is 13.3. The summed E-state index contributed by atoms with van der Waals surface area (Å²) in [4.78, 5) is 24.3. The summed E-state index contributed by atoms with van der Waals surface area (Å²) >= 11 is 0. The van der Waals surface area contributed by atoms with Gasteiger partial charge in [-0.25, -0.2) is 0 Å². The molecule has 2 atom stereocenters. The fourth-order valence-corrected chi connectivity index (χ4v) is 2.32. The molecule has 6 heteroatoms. The minimum absolute atomic E-state index is 0.0604. The Bertz CT molecular complexity index is 480. The van der Waals surface area contributed by atoms with Gasteiger partial charge >= 0.3 is 5.97 Å². The third-order valence-corrected chi connectivity index (χ3v) is 3.50. The maximum absolute atomic E-state index is 11.6. The average molecular weight is 237 g/mol. The van der Waals surface area contributed by atoms with E-state index in [0.29, 0.717) is 0 Å². The highest BCUT2D eigenvalue weighted by Crippen LogP contribution is 2.38. The molecule has 1 aliphatic rings. The number of likely N-dealkylation sites (tertiary alicyclic amines) is 1. The summed E-state index contributed by atoms with van der Waals surface area (Å²) in [7, 11) is 3.44. The van der Waals surface area contributed by atoms with Crippen LogP contribution in [-0.4, -0.2) is 38.7 Å². The molecule has 0 aromatic carbocycles. The Morgan fingerprint density at radius 2 is 2.18 bits per heavy atom. The molecule has 0 aliphatic carbocycles.